The van der Waals surface area contributed by atoms with Crippen LogP contribution in [0.4, 0.5) is 0 Å². The molecule has 0 N–H and O–H groups in total. The number of imidazole rings is 1. The van der Waals surface area contributed by atoms with E-state index in [1.54, 1.807) is 24.4 Å². The van der Waals surface area contributed by atoms with E-state index in [0.29, 0.717) is 12.1 Å². The second kappa shape index (κ2) is 6.49. The SMILES string of the molecule is Cc1ccc(C2CCCN2C(=O)c2nc(S(C)(=O)=O)n3ccccc23)cc1. The molecular formula is C20H21N3O3S. The zero-order valence-electron chi connectivity index (χ0n) is 15.3. The van der Waals surface area contributed by atoms with E-state index in [0.717, 1.165) is 24.7 Å². The van der Waals surface area contributed by atoms with Crippen molar-refractivity contribution in [2.45, 2.75) is 31.0 Å². The van der Waals surface area contributed by atoms with Crippen LogP contribution in [0.25, 0.3) is 5.52 Å². The summed E-state index contributed by atoms with van der Waals surface area (Å²) in [5.41, 5.74) is 2.97. The maximum Gasteiger partial charge on any atom is 0.275 e. The van der Waals surface area contributed by atoms with Crippen LogP contribution in [-0.2, 0) is 9.84 Å². The first kappa shape index (κ1) is 17.7. The Labute approximate surface area is 158 Å². The molecule has 1 amide bonds. The second-order valence-electron chi connectivity index (χ2n) is 7.04. The molecule has 3 aromatic rings. The number of benzene rings is 1. The van der Waals surface area contributed by atoms with E-state index in [-0.39, 0.29) is 22.8 Å². The van der Waals surface area contributed by atoms with Crippen LogP contribution < -0.4 is 0 Å². The van der Waals surface area contributed by atoms with Crippen molar-refractivity contribution in [2.75, 3.05) is 12.8 Å². The number of carbonyl (C=O) groups excluding carboxylic acids is 1. The summed E-state index contributed by atoms with van der Waals surface area (Å²) in [6, 6.07) is 13.4. The van der Waals surface area contributed by atoms with Gasteiger partial charge < -0.3 is 4.90 Å². The lowest BCUT2D eigenvalue weighted by molar-refractivity contribution is 0.0732. The molecule has 0 aliphatic carbocycles. The summed E-state index contributed by atoms with van der Waals surface area (Å²) in [5.74, 6) is -0.225. The van der Waals surface area contributed by atoms with Crippen LogP contribution in [-0.4, -0.2) is 41.4 Å². The number of aryl methyl sites for hydroxylation is 1. The maximum absolute atomic E-state index is 13.3. The molecule has 1 fully saturated rings. The summed E-state index contributed by atoms with van der Waals surface area (Å²) in [6.07, 6.45) is 4.53. The first-order chi connectivity index (χ1) is 12.9. The van der Waals surface area contributed by atoms with E-state index in [1.807, 2.05) is 24.0 Å². The van der Waals surface area contributed by atoms with Crippen LogP contribution in [0.15, 0.2) is 53.8 Å². The largest absolute Gasteiger partial charge is 0.330 e. The Balaban J connectivity index is 1.77. The molecule has 0 radical (unpaired) electrons. The molecule has 7 heteroatoms. The van der Waals surface area contributed by atoms with Gasteiger partial charge in [-0.3, -0.25) is 9.20 Å². The van der Waals surface area contributed by atoms with Crippen LogP contribution in [0, 0.1) is 6.92 Å². The summed E-state index contributed by atoms with van der Waals surface area (Å²) in [7, 11) is -3.55. The van der Waals surface area contributed by atoms with Crippen LogP contribution in [0.3, 0.4) is 0 Å². The smallest absolute Gasteiger partial charge is 0.275 e. The minimum Gasteiger partial charge on any atom is -0.330 e. The fourth-order valence-electron chi connectivity index (χ4n) is 3.71. The first-order valence-electron chi connectivity index (χ1n) is 8.91. The molecule has 2 aromatic heterocycles. The predicted molar refractivity (Wildman–Crippen MR) is 102 cm³/mol. The third-order valence-corrected chi connectivity index (χ3v) is 5.98. The fourth-order valence-corrected chi connectivity index (χ4v) is 4.48. The summed E-state index contributed by atoms with van der Waals surface area (Å²) in [4.78, 5) is 19.3. The van der Waals surface area contributed by atoms with Gasteiger partial charge in [0, 0.05) is 19.0 Å². The molecule has 1 aromatic carbocycles. The standard InChI is InChI=1S/C20H21N3O3S/c1-14-8-10-15(11-9-14)16-7-5-13-22(16)19(24)18-17-6-3-4-12-23(17)20(21-18)27(2,25)26/h3-4,6,8-12,16H,5,7,13H2,1-2H3. The topological polar surface area (TPSA) is 71.8 Å². The molecule has 1 atom stereocenters. The molecule has 1 aliphatic heterocycles. The van der Waals surface area contributed by atoms with Crippen molar-refractivity contribution >= 4 is 21.3 Å². The number of pyridine rings is 1. The number of hydrogen-bond acceptors (Lipinski definition) is 4. The molecule has 0 bridgehead atoms. The summed E-state index contributed by atoms with van der Waals surface area (Å²) < 4.78 is 25.7. The predicted octanol–water partition coefficient (Wildman–Crippen LogP) is 3.02. The number of hydrogen-bond donors (Lipinski definition) is 0. The van der Waals surface area contributed by atoms with Crippen molar-refractivity contribution in [3.63, 3.8) is 0 Å². The Kier molecular flexibility index (Phi) is 4.26. The van der Waals surface area contributed by atoms with Crippen LogP contribution in [0.5, 0.6) is 0 Å². The van der Waals surface area contributed by atoms with Gasteiger partial charge in [0.1, 0.15) is 0 Å². The van der Waals surface area contributed by atoms with Gasteiger partial charge in [0.2, 0.25) is 15.0 Å². The molecule has 0 saturated carbocycles. The molecule has 1 saturated heterocycles. The highest BCUT2D eigenvalue weighted by atomic mass is 32.2. The number of carbonyl (C=O) groups is 1. The number of amides is 1. The molecule has 1 aliphatic rings. The molecule has 0 spiro atoms. The maximum atomic E-state index is 13.3. The zero-order valence-corrected chi connectivity index (χ0v) is 16.1. The average Bonchev–Trinajstić information content (AvgIpc) is 3.26. The van der Waals surface area contributed by atoms with Crippen molar-refractivity contribution in [2.24, 2.45) is 0 Å². The highest BCUT2D eigenvalue weighted by Crippen LogP contribution is 2.34. The molecule has 1 unspecified atom stereocenters. The fraction of sp³-hybridized carbons (Fsp3) is 0.300. The quantitative estimate of drug-likeness (QED) is 0.697. The van der Waals surface area contributed by atoms with Crippen molar-refractivity contribution in [3.8, 4) is 0 Å². The normalized spacial score (nSPS) is 17.6. The molecule has 3 heterocycles. The lowest BCUT2D eigenvalue weighted by atomic mass is 10.0. The zero-order chi connectivity index (χ0) is 19.2. The van der Waals surface area contributed by atoms with Crippen molar-refractivity contribution < 1.29 is 13.2 Å². The third kappa shape index (κ3) is 3.12. The Morgan fingerprint density at radius 1 is 1.15 bits per heavy atom. The lowest BCUT2D eigenvalue weighted by Gasteiger charge is -2.24. The number of likely N-dealkylation sites (tertiary alicyclic amines) is 1. The van der Waals surface area contributed by atoms with Gasteiger partial charge >= 0.3 is 0 Å². The van der Waals surface area contributed by atoms with Crippen LogP contribution >= 0.6 is 0 Å². The van der Waals surface area contributed by atoms with Crippen molar-refractivity contribution in [3.05, 3.63) is 65.5 Å². The van der Waals surface area contributed by atoms with Gasteiger partial charge in [-0.05, 0) is 37.5 Å². The highest BCUT2D eigenvalue weighted by Gasteiger charge is 2.33. The molecule has 27 heavy (non-hydrogen) atoms. The Bertz CT molecular complexity index is 1120. The number of fused-ring (bicyclic) bond motifs is 1. The minimum absolute atomic E-state index is 0.0137. The molecule has 140 valence electrons. The number of rotatable bonds is 3. The van der Waals surface area contributed by atoms with E-state index >= 15 is 0 Å². The van der Waals surface area contributed by atoms with Gasteiger partial charge in [-0.2, -0.15) is 0 Å². The van der Waals surface area contributed by atoms with E-state index in [4.69, 9.17) is 0 Å². The Morgan fingerprint density at radius 3 is 2.59 bits per heavy atom. The summed E-state index contributed by atoms with van der Waals surface area (Å²) >= 11 is 0. The van der Waals surface area contributed by atoms with E-state index in [9.17, 15) is 13.2 Å². The molecular weight excluding hydrogens is 362 g/mol. The van der Waals surface area contributed by atoms with Gasteiger partial charge in [-0.1, -0.05) is 35.9 Å². The third-order valence-electron chi connectivity index (χ3n) is 5.03. The van der Waals surface area contributed by atoms with Gasteiger partial charge in [-0.15, -0.1) is 0 Å². The lowest BCUT2D eigenvalue weighted by Crippen LogP contribution is -2.31. The number of nitrogens with zero attached hydrogens (tertiary/aromatic N) is 3. The van der Waals surface area contributed by atoms with E-state index in [2.05, 4.69) is 17.1 Å². The monoisotopic (exact) mass is 383 g/mol. The highest BCUT2D eigenvalue weighted by molar-refractivity contribution is 7.90. The van der Waals surface area contributed by atoms with Gasteiger partial charge in [0.25, 0.3) is 5.91 Å². The average molecular weight is 383 g/mol. The van der Waals surface area contributed by atoms with E-state index in [1.165, 1.54) is 9.96 Å². The second-order valence-corrected chi connectivity index (χ2v) is 8.95. The summed E-state index contributed by atoms with van der Waals surface area (Å²) in [6.45, 7) is 2.67. The molecule has 6 nitrogen and oxygen atoms in total. The van der Waals surface area contributed by atoms with Crippen molar-refractivity contribution in [1.82, 2.24) is 14.3 Å². The number of sulfone groups is 1. The van der Waals surface area contributed by atoms with Gasteiger partial charge in [-0.25, -0.2) is 13.4 Å². The van der Waals surface area contributed by atoms with Crippen LogP contribution in [0.1, 0.15) is 40.5 Å². The van der Waals surface area contributed by atoms with Gasteiger partial charge in [0.15, 0.2) is 5.69 Å². The summed E-state index contributed by atoms with van der Waals surface area (Å²) in [5, 5.41) is -0.104. The number of aromatic nitrogens is 2. The first-order valence-corrected chi connectivity index (χ1v) is 10.8. The Morgan fingerprint density at radius 2 is 1.89 bits per heavy atom. The molecule has 4 rings (SSSR count). The van der Waals surface area contributed by atoms with E-state index < -0.39 is 9.84 Å². The van der Waals surface area contributed by atoms with Crippen molar-refractivity contribution in [1.29, 1.82) is 0 Å². The van der Waals surface area contributed by atoms with Gasteiger partial charge in [0.05, 0.1) is 11.6 Å². The Hall–Kier alpha value is -2.67. The minimum atomic E-state index is -3.55. The van der Waals surface area contributed by atoms with Crippen LogP contribution in [0.2, 0.25) is 0 Å².